The van der Waals surface area contributed by atoms with Crippen molar-refractivity contribution in [2.45, 2.75) is 26.4 Å². The average Bonchev–Trinajstić information content (AvgIpc) is 2.55. The summed E-state index contributed by atoms with van der Waals surface area (Å²) in [5.41, 5.74) is 2.54. The summed E-state index contributed by atoms with van der Waals surface area (Å²) < 4.78 is 11.2. The molecule has 0 bridgehead atoms. The van der Waals surface area contributed by atoms with Crippen LogP contribution in [0.5, 0.6) is 11.5 Å². The van der Waals surface area contributed by atoms with Crippen LogP contribution in [0.1, 0.15) is 31.0 Å². The van der Waals surface area contributed by atoms with E-state index in [1.54, 1.807) is 0 Å². The molecule has 22 heavy (non-hydrogen) atoms. The van der Waals surface area contributed by atoms with E-state index in [0.717, 1.165) is 18.0 Å². The third-order valence-electron chi connectivity index (χ3n) is 3.96. The van der Waals surface area contributed by atoms with Crippen LogP contribution in [0.15, 0.2) is 48.5 Å². The Bertz CT molecular complexity index is 610. The first-order chi connectivity index (χ1) is 10.7. The number of hydrogen-bond donors (Lipinski definition) is 1. The van der Waals surface area contributed by atoms with E-state index in [4.69, 9.17) is 9.47 Å². The first kappa shape index (κ1) is 14.9. The van der Waals surface area contributed by atoms with Crippen LogP contribution in [0.2, 0.25) is 0 Å². The molecule has 0 saturated heterocycles. The Balaban J connectivity index is 1.70. The number of fused-ring (bicyclic) bond motifs is 1. The van der Waals surface area contributed by atoms with Crippen molar-refractivity contribution in [1.29, 1.82) is 0 Å². The lowest BCUT2D eigenvalue weighted by atomic mass is 9.96. The zero-order valence-corrected chi connectivity index (χ0v) is 13.2. The molecule has 1 aliphatic rings. The Labute approximate surface area is 132 Å². The van der Waals surface area contributed by atoms with Crippen LogP contribution in [0.25, 0.3) is 0 Å². The zero-order chi connectivity index (χ0) is 15.4. The monoisotopic (exact) mass is 297 g/mol. The lowest BCUT2D eigenvalue weighted by Gasteiger charge is -2.24. The van der Waals surface area contributed by atoms with Crippen LogP contribution >= 0.6 is 0 Å². The summed E-state index contributed by atoms with van der Waals surface area (Å²) in [6, 6.07) is 17.1. The van der Waals surface area contributed by atoms with Crippen molar-refractivity contribution in [3.63, 3.8) is 0 Å². The second-order valence-corrected chi connectivity index (χ2v) is 5.99. The Morgan fingerprint density at radius 2 is 1.68 bits per heavy atom. The van der Waals surface area contributed by atoms with E-state index in [9.17, 15) is 0 Å². The van der Waals surface area contributed by atoms with Gasteiger partial charge in [-0.1, -0.05) is 50.2 Å². The van der Waals surface area contributed by atoms with E-state index >= 15 is 0 Å². The molecule has 2 aromatic rings. The number of benzene rings is 2. The summed E-state index contributed by atoms with van der Waals surface area (Å²) in [6.07, 6.45) is 0. The van der Waals surface area contributed by atoms with Crippen molar-refractivity contribution in [1.82, 2.24) is 5.32 Å². The molecular weight excluding hydrogens is 274 g/mol. The van der Waals surface area contributed by atoms with E-state index in [-0.39, 0.29) is 0 Å². The third kappa shape index (κ3) is 3.42. The summed E-state index contributed by atoms with van der Waals surface area (Å²) >= 11 is 0. The third-order valence-corrected chi connectivity index (χ3v) is 3.96. The maximum atomic E-state index is 5.65. The lowest BCUT2D eigenvalue weighted by Crippen LogP contribution is -2.25. The molecule has 3 heteroatoms. The Hall–Kier alpha value is -2.00. The predicted octanol–water partition coefficient (Wildman–Crippen LogP) is 3.94. The highest BCUT2D eigenvalue weighted by atomic mass is 16.6. The standard InChI is InChI=1S/C19H23NO2/c1-14(2)19(16-6-4-3-5-7-16)20-13-15-8-9-17-18(12-15)22-11-10-21-17/h3-9,12,14,19-20H,10-11,13H2,1-2H3/t19-/m1/s1. The SMILES string of the molecule is CC(C)[C@@H](NCc1ccc2c(c1)OCCO2)c1ccccc1. The van der Waals surface area contributed by atoms with Crippen LogP contribution in [0.3, 0.4) is 0 Å². The van der Waals surface area contributed by atoms with Gasteiger partial charge in [-0.3, -0.25) is 0 Å². The molecule has 3 rings (SSSR count). The van der Waals surface area contributed by atoms with Gasteiger partial charge in [0.2, 0.25) is 0 Å². The van der Waals surface area contributed by atoms with Gasteiger partial charge in [0.25, 0.3) is 0 Å². The molecule has 0 unspecified atom stereocenters. The molecule has 0 spiro atoms. The molecule has 0 radical (unpaired) electrons. The van der Waals surface area contributed by atoms with Crippen molar-refractivity contribution < 1.29 is 9.47 Å². The van der Waals surface area contributed by atoms with Gasteiger partial charge in [0.1, 0.15) is 13.2 Å². The molecular formula is C19H23NO2. The molecule has 1 N–H and O–H groups in total. The van der Waals surface area contributed by atoms with Gasteiger partial charge in [-0.15, -0.1) is 0 Å². The molecule has 116 valence electrons. The van der Waals surface area contributed by atoms with Crippen LogP contribution in [-0.2, 0) is 6.54 Å². The van der Waals surface area contributed by atoms with Gasteiger partial charge in [0, 0.05) is 12.6 Å². The number of nitrogens with one attached hydrogen (secondary N) is 1. The molecule has 1 heterocycles. The molecule has 0 fully saturated rings. The van der Waals surface area contributed by atoms with Gasteiger partial charge in [0.05, 0.1) is 0 Å². The minimum absolute atomic E-state index is 0.342. The number of ether oxygens (including phenoxy) is 2. The second kappa shape index (κ2) is 6.84. The molecule has 0 aliphatic carbocycles. The highest BCUT2D eigenvalue weighted by Crippen LogP contribution is 2.31. The van der Waals surface area contributed by atoms with E-state index in [2.05, 4.69) is 61.6 Å². The van der Waals surface area contributed by atoms with Crippen molar-refractivity contribution in [2.75, 3.05) is 13.2 Å². The number of hydrogen-bond acceptors (Lipinski definition) is 3. The van der Waals surface area contributed by atoms with Gasteiger partial charge in [-0.05, 0) is 29.2 Å². The van der Waals surface area contributed by atoms with Gasteiger partial charge in [0.15, 0.2) is 11.5 Å². The first-order valence-corrected chi connectivity index (χ1v) is 7.91. The quantitative estimate of drug-likeness (QED) is 0.906. The fourth-order valence-corrected chi connectivity index (χ4v) is 2.82. The molecule has 0 saturated carbocycles. The summed E-state index contributed by atoms with van der Waals surface area (Å²) in [5, 5.41) is 3.66. The lowest BCUT2D eigenvalue weighted by molar-refractivity contribution is 0.171. The zero-order valence-electron chi connectivity index (χ0n) is 13.2. The minimum atomic E-state index is 0.342. The molecule has 1 atom stereocenters. The van der Waals surface area contributed by atoms with Gasteiger partial charge < -0.3 is 14.8 Å². The van der Waals surface area contributed by atoms with E-state index < -0.39 is 0 Å². The summed E-state index contributed by atoms with van der Waals surface area (Å²) in [6.45, 7) is 6.56. The van der Waals surface area contributed by atoms with Crippen molar-refractivity contribution in [3.8, 4) is 11.5 Å². The molecule has 3 nitrogen and oxygen atoms in total. The van der Waals surface area contributed by atoms with Gasteiger partial charge in [-0.2, -0.15) is 0 Å². The van der Waals surface area contributed by atoms with Crippen LogP contribution in [0.4, 0.5) is 0 Å². The topological polar surface area (TPSA) is 30.5 Å². The maximum Gasteiger partial charge on any atom is 0.161 e. The Morgan fingerprint density at radius 3 is 2.41 bits per heavy atom. The van der Waals surface area contributed by atoms with Crippen LogP contribution in [-0.4, -0.2) is 13.2 Å². The molecule has 0 aromatic heterocycles. The predicted molar refractivity (Wildman–Crippen MR) is 88.3 cm³/mol. The summed E-state index contributed by atoms with van der Waals surface area (Å²) in [7, 11) is 0. The summed E-state index contributed by atoms with van der Waals surface area (Å²) in [4.78, 5) is 0. The highest BCUT2D eigenvalue weighted by Gasteiger charge is 2.16. The molecule has 1 aliphatic heterocycles. The highest BCUT2D eigenvalue weighted by molar-refractivity contribution is 5.43. The van der Waals surface area contributed by atoms with E-state index in [1.807, 2.05) is 6.07 Å². The molecule has 0 amide bonds. The fourth-order valence-electron chi connectivity index (χ4n) is 2.82. The average molecular weight is 297 g/mol. The summed E-state index contributed by atoms with van der Waals surface area (Å²) in [5.74, 6) is 2.23. The smallest absolute Gasteiger partial charge is 0.161 e. The Kier molecular flexibility index (Phi) is 4.64. The van der Waals surface area contributed by atoms with Crippen molar-refractivity contribution in [3.05, 3.63) is 59.7 Å². The van der Waals surface area contributed by atoms with E-state index in [0.29, 0.717) is 25.2 Å². The Morgan fingerprint density at radius 1 is 0.955 bits per heavy atom. The maximum absolute atomic E-state index is 5.65. The van der Waals surface area contributed by atoms with Crippen LogP contribution in [0, 0.1) is 5.92 Å². The van der Waals surface area contributed by atoms with Crippen molar-refractivity contribution in [2.24, 2.45) is 5.92 Å². The van der Waals surface area contributed by atoms with E-state index in [1.165, 1.54) is 11.1 Å². The normalized spacial score (nSPS) is 14.9. The van der Waals surface area contributed by atoms with Crippen LogP contribution < -0.4 is 14.8 Å². The minimum Gasteiger partial charge on any atom is -0.486 e. The van der Waals surface area contributed by atoms with Crippen molar-refractivity contribution >= 4 is 0 Å². The van der Waals surface area contributed by atoms with Gasteiger partial charge in [-0.25, -0.2) is 0 Å². The first-order valence-electron chi connectivity index (χ1n) is 7.91. The second-order valence-electron chi connectivity index (χ2n) is 5.99. The van der Waals surface area contributed by atoms with Gasteiger partial charge >= 0.3 is 0 Å². The fraction of sp³-hybridized carbons (Fsp3) is 0.368. The largest absolute Gasteiger partial charge is 0.486 e. The molecule has 2 aromatic carbocycles. The number of rotatable bonds is 5.